The minimum Gasteiger partial charge on any atom is -0.481 e. The van der Waals surface area contributed by atoms with Crippen LogP contribution < -0.4 is 5.32 Å². The standard InChI is InChI=1S/C17H18N2O8/c1-8-11(15(22)27-3)12(9-5-4-6-10(7-9)19(25)26)13(14(20)21)17(2,18-8)16(23)24/h4-7,12-13,18H,1-3H3,(H,20,21)(H,23,24)/t12-,13?,17?/m0/s1. The number of nitro groups is 1. The fourth-order valence-electron chi connectivity index (χ4n) is 3.42. The van der Waals surface area contributed by atoms with E-state index in [-0.39, 0.29) is 22.5 Å². The number of carboxylic acid groups (broad SMARTS) is 2. The van der Waals surface area contributed by atoms with E-state index in [9.17, 15) is 34.7 Å². The molecule has 10 nitrogen and oxygen atoms in total. The Bertz CT molecular complexity index is 862. The van der Waals surface area contributed by atoms with Gasteiger partial charge in [0.15, 0.2) is 0 Å². The summed E-state index contributed by atoms with van der Waals surface area (Å²) in [6, 6.07) is 5.10. The van der Waals surface area contributed by atoms with Crippen LogP contribution in [0.2, 0.25) is 0 Å². The minimum atomic E-state index is -1.96. The molecule has 2 unspecified atom stereocenters. The number of nitro benzene ring substituents is 1. The molecule has 1 aliphatic heterocycles. The number of nitrogens with one attached hydrogen (secondary N) is 1. The van der Waals surface area contributed by atoms with Gasteiger partial charge < -0.3 is 20.3 Å². The summed E-state index contributed by atoms with van der Waals surface area (Å²) in [4.78, 5) is 46.7. The lowest BCUT2D eigenvalue weighted by Gasteiger charge is -2.43. The summed E-state index contributed by atoms with van der Waals surface area (Å²) < 4.78 is 4.74. The van der Waals surface area contributed by atoms with E-state index in [1.165, 1.54) is 32.0 Å². The Kier molecular flexibility index (Phi) is 5.20. The number of rotatable bonds is 5. The van der Waals surface area contributed by atoms with Crippen LogP contribution in [0.4, 0.5) is 5.69 Å². The molecule has 0 amide bonds. The lowest BCUT2D eigenvalue weighted by molar-refractivity contribution is -0.384. The number of allylic oxidation sites excluding steroid dienone is 1. The molecule has 1 aliphatic rings. The zero-order valence-electron chi connectivity index (χ0n) is 14.8. The third-order valence-corrected chi connectivity index (χ3v) is 4.67. The van der Waals surface area contributed by atoms with Gasteiger partial charge in [-0.05, 0) is 19.4 Å². The zero-order chi connectivity index (χ0) is 20.5. The molecule has 1 aromatic carbocycles. The highest BCUT2D eigenvalue weighted by Gasteiger charge is 2.56. The molecule has 144 valence electrons. The third kappa shape index (κ3) is 3.33. The van der Waals surface area contributed by atoms with Crippen LogP contribution in [0.15, 0.2) is 35.5 Å². The number of ether oxygens (including phenoxy) is 1. The predicted octanol–water partition coefficient (Wildman–Crippen LogP) is 1.27. The van der Waals surface area contributed by atoms with Crippen molar-refractivity contribution in [1.29, 1.82) is 0 Å². The van der Waals surface area contributed by atoms with E-state index in [0.717, 1.165) is 13.2 Å². The normalized spacial score (nSPS) is 24.7. The summed E-state index contributed by atoms with van der Waals surface area (Å²) >= 11 is 0. The molecule has 0 saturated heterocycles. The summed E-state index contributed by atoms with van der Waals surface area (Å²) in [7, 11) is 1.11. The van der Waals surface area contributed by atoms with Gasteiger partial charge in [0.1, 0.15) is 11.5 Å². The largest absolute Gasteiger partial charge is 0.481 e. The van der Waals surface area contributed by atoms with E-state index in [2.05, 4.69) is 5.32 Å². The third-order valence-electron chi connectivity index (χ3n) is 4.67. The van der Waals surface area contributed by atoms with E-state index in [0.29, 0.717) is 0 Å². The number of esters is 1. The highest BCUT2D eigenvalue weighted by atomic mass is 16.6. The maximum absolute atomic E-state index is 12.3. The van der Waals surface area contributed by atoms with Crippen LogP contribution in [0, 0.1) is 16.0 Å². The Labute approximate surface area is 153 Å². The number of aliphatic carboxylic acids is 2. The predicted molar refractivity (Wildman–Crippen MR) is 90.9 cm³/mol. The summed E-state index contributed by atoms with van der Waals surface area (Å²) in [6.07, 6.45) is 0. The number of hydrogen-bond acceptors (Lipinski definition) is 7. The first kappa shape index (κ1) is 19.9. The maximum atomic E-state index is 12.3. The van der Waals surface area contributed by atoms with Gasteiger partial charge in [0.2, 0.25) is 0 Å². The lowest BCUT2D eigenvalue weighted by Crippen LogP contribution is -2.62. The van der Waals surface area contributed by atoms with Crippen molar-refractivity contribution < 1.29 is 34.3 Å². The van der Waals surface area contributed by atoms with Gasteiger partial charge >= 0.3 is 17.9 Å². The first-order chi connectivity index (χ1) is 12.5. The molecule has 0 fully saturated rings. The molecule has 0 aromatic heterocycles. The summed E-state index contributed by atoms with van der Waals surface area (Å²) in [6.45, 7) is 2.62. The number of non-ortho nitro benzene ring substituents is 1. The second-order valence-electron chi connectivity index (χ2n) is 6.31. The average molecular weight is 378 g/mol. The van der Waals surface area contributed by atoms with Crippen molar-refractivity contribution in [2.24, 2.45) is 5.92 Å². The molecular weight excluding hydrogens is 360 g/mol. The van der Waals surface area contributed by atoms with Crippen molar-refractivity contribution in [1.82, 2.24) is 5.32 Å². The number of carbonyl (C=O) groups is 3. The molecule has 3 atom stereocenters. The SMILES string of the molecule is COC(=O)C1=C(C)NC(C)(C(=O)O)C(C(=O)O)[C@H]1c1cccc([N+](=O)[O-])c1. The molecule has 10 heteroatoms. The van der Waals surface area contributed by atoms with Crippen LogP contribution in [0.1, 0.15) is 25.3 Å². The highest BCUT2D eigenvalue weighted by molar-refractivity contribution is 5.96. The van der Waals surface area contributed by atoms with E-state index in [4.69, 9.17) is 4.74 Å². The molecule has 0 spiro atoms. The van der Waals surface area contributed by atoms with Crippen molar-refractivity contribution in [3.63, 3.8) is 0 Å². The number of hydrogen-bond donors (Lipinski definition) is 3. The topological polar surface area (TPSA) is 156 Å². The van der Waals surface area contributed by atoms with E-state index in [1.54, 1.807) is 0 Å². The molecule has 0 radical (unpaired) electrons. The van der Waals surface area contributed by atoms with Crippen molar-refractivity contribution in [3.05, 3.63) is 51.2 Å². The summed E-state index contributed by atoms with van der Waals surface area (Å²) in [5.41, 5.74) is -2.10. The van der Waals surface area contributed by atoms with Gasteiger partial charge in [0, 0.05) is 23.7 Å². The van der Waals surface area contributed by atoms with Crippen LogP contribution in [-0.4, -0.2) is 45.7 Å². The molecule has 3 N–H and O–H groups in total. The van der Waals surface area contributed by atoms with Gasteiger partial charge in [-0.25, -0.2) is 9.59 Å². The van der Waals surface area contributed by atoms with E-state index in [1.807, 2.05) is 0 Å². The van der Waals surface area contributed by atoms with Crippen LogP contribution >= 0.6 is 0 Å². The quantitative estimate of drug-likeness (QED) is 0.390. The number of carbonyl (C=O) groups excluding carboxylic acids is 1. The van der Waals surface area contributed by atoms with Gasteiger partial charge in [-0.15, -0.1) is 0 Å². The van der Waals surface area contributed by atoms with Crippen LogP contribution in [0.5, 0.6) is 0 Å². The fourth-order valence-corrected chi connectivity index (χ4v) is 3.42. The molecular formula is C17H18N2O8. The van der Waals surface area contributed by atoms with E-state index >= 15 is 0 Å². The summed E-state index contributed by atoms with van der Waals surface area (Å²) in [5.74, 6) is -6.66. The monoisotopic (exact) mass is 378 g/mol. The molecule has 0 saturated carbocycles. The van der Waals surface area contributed by atoms with Crippen LogP contribution in [-0.2, 0) is 19.1 Å². The van der Waals surface area contributed by atoms with Gasteiger partial charge in [0.25, 0.3) is 5.69 Å². The van der Waals surface area contributed by atoms with Crippen molar-refractivity contribution in [2.75, 3.05) is 7.11 Å². The van der Waals surface area contributed by atoms with Crippen LogP contribution in [0.25, 0.3) is 0 Å². The van der Waals surface area contributed by atoms with Gasteiger partial charge in [-0.3, -0.25) is 14.9 Å². The molecule has 0 aliphatic carbocycles. The van der Waals surface area contributed by atoms with E-state index < -0.39 is 40.2 Å². The van der Waals surface area contributed by atoms with Crippen LogP contribution in [0.3, 0.4) is 0 Å². The Balaban J connectivity index is 2.82. The number of benzene rings is 1. The van der Waals surface area contributed by atoms with Crippen molar-refractivity contribution >= 4 is 23.6 Å². The van der Waals surface area contributed by atoms with Gasteiger partial charge in [-0.2, -0.15) is 0 Å². The maximum Gasteiger partial charge on any atom is 0.336 e. The van der Waals surface area contributed by atoms with Crippen molar-refractivity contribution in [2.45, 2.75) is 25.3 Å². The van der Waals surface area contributed by atoms with Gasteiger partial charge in [-0.1, -0.05) is 12.1 Å². The Hall–Kier alpha value is -3.43. The molecule has 2 rings (SSSR count). The first-order valence-electron chi connectivity index (χ1n) is 7.82. The number of nitrogens with zero attached hydrogens (tertiary/aromatic N) is 1. The minimum absolute atomic E-state index is 0.0934. The lowest BCUT2D eigenvalue weighted by atomic mass is 9.67. The molecule has 1 heterocycles. The second kappa shape index (κ2) is 7.06. The van der Waals surface area contributed by atoms with Crippen molar-refractivity contribution in [3.8, 4) is 0 Å². The fraction of sp³-hybridized carbons (Fsp3) is 0.353. The highest BCUT2D eigenvalue weighted by Crippen LogP contribution is 2.44. The molecule has 1 aromatic rings. The van der Waals surface area contributed by atoms with Gasteiger partial charge in [0.05, 0.1) is 17.6 Å². The zero-order valence-corrected chi connectivity index (χ0v) is 14.8. The summed E-state index contributed by atoms with van der Waals surface area (Å²) in [5, 5.41) is 33.1. The number of methoxy groups -OCH3 is 1. The Morgan fingerprint density at radius 2 is 1.93 bits per heavy atom. The molecule has 27 heavy (non-hydrogen) atoms. The Morgan fingerprint density at radius 3 is 2.41 bits per heavy atom. The molecule has 0 bridgehead atoms. The average Bonchev–Trinajstić information content (AvgIpc) is 2.60. The Morgan fingerprint density at radius 1 is 1.30 bits per heavy atom. The second-order valence-corrected chi connectivity index (χ2v) is 6.31. The number of carboxylic acids is 2. The first-order valence-corrected chi connectivity index (χ1v) is 7.82. The smallest absolute Gasteiger partial charge is 0.336 e.